The third kappa shape index (κ3) is 4.01. The van der Waals surface area contributed by atoms with Crippen LogP contribution in [0, 0.1) is 20.8 Å². The Labute approximate surface area is 155 Å². The van der Waals surface area contributed by atoms with E-state index in [-0.39, 0.29) is 24.2 Å². The van der Waals surface area contributed by atoms with Crippen molar-refractivity contribution in [2.24, 2.45) is 0 Å². The number of amides is 1. The summed E-state index contributed by atoms with van der Waals surface area (Å²) in [4.78, 5) is 12.5. The molecule has 1 amide bonds. The molecule has 2 aromatic rings. The zero-order valence-corrected chi connectivity index (χ0v) is 16.2. The molecule has 1 atom stereocenters. The predicted octanol–water partition coefficient (Wildman–Crippen LogP) is 4.41. The Balaban J connectivity index is 1.70. The van der Waals surface area contributed by atoms with Crippen LogP contribution >= 0.6 is 0 Å². The normalized spacial score (nSPS) is 17.8. The van der Waals surface area contributed by atoms with Crippen molar-refractivity contribution < 1.29 is 14.3 Å². The molecule has 0 saturated carbocycles. The average molecular weight is 353 g/mol. The van der Waals surface area contributed by atoms with Crippen molar-refractivity contribution in [2.75, 3.05) is 6.61 Å². The number of fused-ring (bicyclic) bond motifs is 1. The first-order valence-corrected chi connectivity index (χ1v) is 9.03. The van der Waals surface area contributed by atoms with Crippen molar-refractivity contribution in [3.63, 3.8) is 0 Å². The summed E-state index contributed by atoms with van der Waals surface area (Å²) in [6.07, 6.45) is 0.721. The van der Waals surface area contributed by atoms with Gasteiger partial charge in [-0.2, -0.15) is 0 Å². The molecule has 1 aliphatic heterocycles. The summed E-state index contributed by atoms with van der Waals surface area (Å²) in [6, 6.07) is 11.9. The monoisotopic (exact) mass is 353 g/mol. The Kier molecular flexibility index (Phi) is 4.94. The first-order chi connectivity index (χ1) is 12.2. The van der Waals surface area contributed by atoms with Crippen LogP contribution in [0.25, 0.3) is 0 Å². The molecule has 0 radical (unpaired) electrons. The van der Waals surface area contributed by atoms with Gasteiger partial charge in [-0.15, -0.1) is 0 Å². The molecule has 1 N–H and O–H groups in total. The predicted molar refractivity (Wildman–Crippen MR) is 103 cm³/mol. The second-order valence-electron chi connectivity index (χ2n) is 7.71. The summed E-state index contributed by atoms with van der Waals surface area (Å²) in [5.41, 5.74) is 4.05. The fraction of sp³-hybridized carbons (Fsp3) is 0.409. The summed E-state index contributed by atoms with van der Waals surface area (Å²) >= 11 is 0. The number of carbonyl (C=O) groups excluding carboxylic acids is 1. The van der Waals surface area contributed by atoms with Crippen LogP contribution in [0.1, 0.15) is 48.6 Å². The minimum Gasteiger partial charge on any atom is -0.487 e. The van der Waals surface area contributed by atoms with Crippen molar-refractivity contribution in [3.8, 4) is 11.5 Å². The second-order valence-corrected chi connectivity index (χ2v) is 7.71. The highest BCUT2D eigenvalue weighted by atomic mass is 16.5. The van der Waals surface area contributed by atoms with Gasteiger partial charge in [0.15, 0.2) is 6.61 Å². The van der Waals surface area contributed by atoms with Gasteiger partial charge in [-0.3, -0.25) is 4.79 Å². The van der Waals surface area contributed by atoms with E-state index in [2.05, 4.69) is 5.32 Å². The zero-order valence-electron chi connectivity index (χ0n) is 16.2. The van der Waals surface area contributed by atoms with E-state index in [1.807, 2.05) is 71.0 Å². The number of hydrogen-bond acceptors (Lipinski definition) is 3. The first kappa shape index (κ1) is 18.3. The van der Waals surface area contributed by atoms with Crippen molar-refractivity contribution in [2.45, 2.75) is 52.7 Å². The molecule has 4 nitrogen and oxygen atoms in total. The molecule has 0 aliphatic carbocycles. The number of ether oxygens (including phenoxy) is 2. The molecule has 26 heavy (non-hydrogen) atoms. The minimum atomic E-state index is -0.327. The standard InChI is InChI=1S/C22H27NO3/c1-14-9-10-17-18(12-22(4,5)26-20(17)11-14)23-21(24)13-25-19-8-6-7-15(2)16(19)3/h6-11,18H,12-13H2,1-5H3,(H,23,24)/t18-/m0/s1. The Morgan fingerprint density at radius 1 is 1.23 bits per heavy atom. The Morgan fingerprint density at radius 2 is 2.00 bits per heavy atom. The molecule has 0 bridgehead atoms. The van der Waals surface area contributed by atoms with Gasteiger partial charge in [0.1, 0.15) is 17.1 Å². The van der Waals surface area contributed by atoms with Crippen molar-refractivity contribution >= 4 is 5.91 Å². The Morgan fingerprint density at radius 3 is 2.77 bits per heavy atom. The molecule has 1 heterocycles. The molecule has 3 rings (SSSR count). The number of nitrogens with one attached hydrogen (secondary N) is 1. The van der Waals surface area contributed by atoms with Gasteiger partial charge in [0.05, 0.1) is 6.04 Å². The molecule has 0 unspecified atom stereocenters. The highest BCUT2D eigenvalue weighted by Gasteiger charge is 2.34. The summed E-state index contributed by atoms with van der Waals surface area (Å²) < 4.78 is 11.8. The van der Waals surface area contributed by atoms with E-state index >= 15 is 0 Å². The second kappa shape index (κ2) is 7.02. The zero-order chi connectivity index (χ0) is 18.9. The Hall–Kier alpha value is -2.49. The van der Waals surface area contributed by atoms with Gasteiger partial charge < -0.3 is 14.8 Å². The highest BCUT2D eigenvalue weighted by Crippen LogP contribution is 2.39. The maximum absolute atomic E-state index is 12.5. The van der Waals surface area contributed by atoms with Crippen LogP contribution in [0.5, 0.6) is 11.5 Å². The van der Waals surface area contributed by atoms with E-state index in [1.54, 1.807) is 0 Å². The van der Waals surface area contributed by atoms with Gasteiger partial charge in [-0.1, -0.05) is 24.3 Å². The molecular weight excluding hydrogens is 326 g/mol. The van der Waals surface area contributed by atoms with E-state index in [0.29, 0.717) is 0 Å². The van der Waals surface area contributed by atoms with Crippen LogP contribution in [0.15, 0.2) is 36.4 Å². The number of rotatable bonds is 4. The minimum absolute atomic E-state index is 0.00325. The SMILES string of the molecule is Cc1ccc2c(c1)OC(C)(C)C[C@@H]2NC(=O)COc1cccc(C)c1C. The van der Waals surface area contributed by atoms with Crippen LogP contribution in [0.3, 0.4) is 0 Å². The molecular formula is C22H27NO3. The molecule has 0 spiro atoms. The Bertz CT molecular complexity index is 826. The van der Waals surface area contributed by atoms with Crippen LogP contribution in [0.2, 0.25) is 0 Å². The quantitative estimate of drug-likeness (QED) is 0.886. The maximum atomic E-state index is 12.5. The molecule has 1 aliphatic rings. The summed E-state index contributed by atoms with van der Waals surface area (Å²) in [6.45, 7) is 10.2. The molecule has 4 heteroatoms. The van der Waals surface area contributed by atoms with Gasteiger partial charge in [-0.25, -0.2) is 0 Å². The molecule has 138 valence electrons. The smallest absolute Gasteiger partial charge is 0.258 e. The van der Waals surface area contributed by atoms with Crippen LogP contribution < -0.4 is 14.8 Å². The number of benzene rings is 2. The van der Waals surface area contributed by atoms with E-state index in [1.165, 1.54) is 0 Å². The lowest BCUT2D eigenvalue weighted by Gasteiger charge is -2.38. The fourth-order valence-electron chi connectivity index (χ4n) is 3.35. The van der Waals surface area contributed by atoms with Crippen LogP contribution in [-0.4, -0.2) is 18.1 Å². The highest BCUT2D eigenvalue weighted by molar-refractivity contribution is 5.78. The van der Waals surface area contributed by atoms with E-state index in [9.17, 15) is 4.79 Å². The molecule has 0 aromatic heterocycles. The van der Waals surface area contributed by atoms with E-state index in [4.69, 9.17) is 9.47 Å². The lowest BCUT2D eigenvalue weighted by atomic mass is 9.89. The fourth-order valence-corrected chi connectivity index (χ4v) is 3.35. The summed E-state index contributed by atoms with van der Waals surface area (Å²) in [5, 5.41) is 3.11. The molecule has 0 fully saturated rings. The average Bonchev–Trinajstić information content (AvgIpc) is 2.54. The third-order valence-electron chi connectivity index (χ3n) is 4.88. The van der Waals surface area contributed by atoms with Gasteiger partial charge in [0.2, 0.25) is 0 Å². The first-order valence-electron chi connectivity index (χ1n) is 9.03. The maximum Gasteiger partial charge on any atom is 0.258 e. The molecule has 0 saturated heterocycles. The van der Waals surface area contributed by atoms with Crippen LogP contribution in [-0.2, 0) is 4.79 Å². The lowest BCUT2D eigenvalue weighted by molar-refractivity contribution is -0.124. The molecule has 2 aromatic carbocycles. The summed E-state index contributed by atoms with van der Waals surface area (Å²) in [7, 11) is 0. The van der Waals surface area contributed by atoms with Gasteiger partial charge >= 0.3 is 0 Å². The van der Waals surface area contributed by atoms with Gasteiger partial charge in [-0.05, 0) is 63.4 Å². The largest absolute Gasteiger partial charge is 0.487 e. The number of carbonyl (C=O) groups is 1. The number of hydrogen-bond donors (Lipinski definition) is 1. The van der Waals surface area contributed by atoms with Gasteiger partial charge in [0.25, 0.3) is 5.91 Å². The number of aryl methyl sites for hydroxylation is 2. The lowest BCUT2D eigenvalue weighted by Crippen LogP contribution is -2.42. The van der Waals surface area contributed by atoms with Crippen molar-refractivity contribution in [1.82, 2.24) is 5.32 Å². The van der Waals surface area contributed by atoms with E-state index < -0.39 is 0 Å². The van der Waals surface area contributed by atoms with Crippen molar-refractivity contribution in [1.29, 1.82) is 0 Å². The third-order valence-corrected chi connectivity index (χ3v) is 4.88. The van der Waals surface area contributed by atoms with E-state index in [0.717, 1.165) is 40.2 Å². The topological polar surface area (TPSA) is 47.6 Å². The van der Waals surface area contributed by atoms with Crippen molar-refractivity contribution in [3.05, 3.63) is 58.7 Å². The van der Waals surface area contributed by atoms with Gasteiger partial charge in [0, 0.05) is 12.0 Å². The summed E-state index contributed by atoms with van der Waals surface area (Å²) in [5.74, 6) is 1.48. The van der Waals surface area contributed by atoms with Crippen LogP contribution in [0.4, 0.5) is 0 Å².